The van der Waals surface area contributed by atoms with Crippen LogP contribution in [0.5, 0.6) is 0 Å². The number of alkyl halides is 3. The van der Waals surface area contributed by atoms with Crippen molar-refractivity contribution in [3.63, 3.8) is 0 Å². The summed E-state index contributed by atoms with van der Waals surface area (Å²) < 4.78 is 45.6. The van der Waals surface area contributed by atoms with E-state index in [0.717, 1.165) is 12.8 Å². The molecule has 23 heavy (non-hydrogen) atoms. The van der Waals surface area contributed by atoms with Crippen molar-refractivity contribution in [1.82, 2.24) is 0 Å². The predicted molar refractivity (Wildman–Crippen MR) is 75.7 cm³/mol. The van der Waals surface area contributed by atoms with E-state index in [2.05, 4.69) is 0 Å². The molecule has 0 aromatic rings. The summed E-state index contributed by atoms with van der Waals surface area (Å²) in [6.45, 7) is 1.62. The van der Waals surface area contributed by atoms with E-state index in [0.29, 0.717) is 6.42 Å². The Morgan fingerprint density at radius 1 is 1.22 bits per heavy atom. The topological polar surface area (TPSA) is 69.4 Å². The highest BCUT2D eigenvalue weighted by Crippen LogP contribution is 2.35. The van der Waals surface area contributed by atoms with Crippen LogP contribution in [0, 0.1) is 27.9 Å². The van der Waals surface area contributed by atoms with Crippen LogP contribution in [0.2, 0.25) is 0 Å². The van der Waals surface area contributed by atoms with E-state index in [1.807, 2.05) is 6.92 Å². The third-order valence-corrected chi connectivity index (χ3v) is 5.09. The van der Waals surface area contributed by atoms with Crippen LogP contribution in [0.15, 0.2) is 0 Å². The van der Waals surface area contributed by atoms with Crippen LogP contribution in [0.25, 0.3) is 0 Å². The summed E-state index contributed by atoms with van der Waals surface area (Å²) in [5.41, 5.74) is 0. The van der Waals surface area contributed by atoms with E-state index >= 15 is 0 Å². The van der Waals surface area contributed by atoms with Gasteiger partial charge >= 0.3 is 5.97 Å². The number of nitro groups is 1. The molecule has 5 unspecified atom stereocenters. The molecule has 0 spiro atoms. The molecule has 2 fully saturated rings. The number of hydrogen-bond donors (Lipinski definition) is 0. The molecule has 0 aromatic heterocycles. The Kier molecular flexibility index (Phi) is 5.86. The maximum Gasteiger partial charge on any atom is 0.314 e. The Morgan fingerprint density at radius 3 is 2.39 bits per heavy atom. The normalized spacial score (nSPS) is 41.3. The lowest BCUT2D eigenvalue weighted by Crippen LogP contribution is -2.44. The SMILES string of the molecule is CC1CCCC([N+](=O)[O-])C1COC(=O)C1C(F)CC(F)CC1F. The summed E-state index contributed by atoms with van der Waals surface area (Å²) in [5, 5.41) is 11.1. The van der Waals surface area contributed by atoms with Crippen molar-refractivity contribution in [2.75, 3.05) is 6.61 Å². The van der Waals surface area contributed by atoms with Gasteiger partial charge < -0.3 is 4.74 Å². The predicted octanol–water partition coefficient (Wildman–Crippen LogP) is 3.04. The molecule has 5 atom stereocenters. The van der Waals surface area contributed by atoms with Crippen LogP contribution in [-0.4, -0.2) is 42.1 Å². The lowest BCUT2D eigenvalue weighted by atomic mass is 9.77. The van der Waals surface area contributed by atoms with Crippen LogP contribution in [-0.2, 0) is 9.53 Å². The third kappa shape index (κ3) is 4.14. The maximum atomic E-state index is 13.8. The fraction of sp³-hybridized carbons (Fsp3) is 0.933. The quantitative estimate of drug-likeness (QED) is 0.449. The number of rotatable bonds is 4. The second-order valence-corrected chi connectivity index (χ2v) is 6.68. The average Bonchev–Trinajstić information content (AvgIpc) is 2.44. The number of nitrogens with zero attached hydrogens (tertiary/aromatic N) is 1. The molecule has 0 heterocycles. The van der Waals surface area contributed by atoms with Crippen LogP contribution in [0.1, 0.15) is 39.0 Å². The van der Waals surface area contributed by atoms with Gasteiger partial charge in [0.2, 0.25) is 6.04 Å². The zero-order chi connectivity index (χ0) is 17.1. The Hall–Kier alpha value is -1.34. The first-order valence-electron chi connectivity index (χ1n) is 8.03. The highest BCUT2D eigenvalue weighted by molar-refractivity contribution is 5.74. The highest BCUT2D eigenvalue weighted by atomic mass is 19.2. The number of halogens is 3. The van der Waals surface area contributed by atoms with Gasteiger partial charge in [-0.25, -0.2) is 13.2 Å². The molecule has 2 aliphatic carbocycles. The molecule has 0 aliphatic heterocycles. The zero-order valence-corrected chi connectivity index (χ0v) is 13.0. The van der Waals surface area contributed by atoms with Crippen LogP contribution in [0.4, 0.5) is 13.2 Å². The van der Waals surface area contributed by atoms with Gasteiger partial charge in [0.1, 0.15) is 31.0 Å². The van der Waals surface area contributed by atoms with Gasteiger partial charge in [0.15, 0.2) is 0 Å². The van der Waals surface area contributed by atoms with Crippen LogP contribution < -0.4 is 0 Å². The smallest absolute Gasteiger partial charge is 0.314 e. The third-order valence-electron chi connectivity index (χ3n) is 5.09. The Morgan fingerprint density at radius 2 is 1.83 bits per heavy atom. The van der Waals surface area contributed by atoms with E-state index in [4.69, 9.17) is 4.74 Å². The van der Waals surface area contributed by atoms with E-state index in [1.54, 1.807) is 0 Å². The Balaban J connectivity index is 1.95. The molecule has 0 saturated heterocycles. The Bertz CT molecular complexity index is 438. The largest absolute Gasteiger partial charge is 0.465 e. The molecule has 0 N–H and O–H groups in total. The van der Waals surface area contributed by atoms with Crippen molar-refractivity contribution < 1.29 is 27.6 Å². The van der Waals surface area contributed by atoms with E-state index in [1.165, 1.54) is 0 Å². The summed E-state index contributed by atoms with van der Waals surface area (Å²) in [5.74, 6) is -3.15. The molecule has 0 bridgehead atoms. The van der Waals surface area contributed by atoms with Crippen molar-refractivity contribution >= 4 is 5.97 Å². The van der Waals surface area contributed by atoms with Gasteiger partial charge in [-0.2, -0.15) is 0 Å². The minimum atomic E-state index is -1.92. The van der Waals surface area contributed by atoms with Gasteiger partial charge in [0.05, 0.1) is 5.92 Å². The summed E-state index contributed by atoms with van der Waals surface area (Å²) in [6.07, 6.45) is -4.54. The van der Waals surface area contributed by atoms with E-state index < -0.39 is 55.2 Å². The van der Waals surface area contributed by atoms with Crippen molar-refractivity contribution in [1.29, 1.82) is 0 Å². The maximum absolute atomic E-state index is 13.8. The van der Waals surface area contributed by atoms with Gasteiger partial charge in [0.25, 0.3) is 0 Å². The molecule has 2 aliphatic rings. The van der Waals surface area contributed by atoms with Crippen LogP contribution in [0.3, 0.4) is 0 Å². The van der Waals surface area contributed by atoms with Crippen molar-refractivity contribution in [2.24, 2.45) is 17.8 Å². The van der Waals surface area contributed by atoms with Crippen molar-refractivity contribution in [2.45, 2.75) is 63.6 Å². The summed E-state index contributed by atoms with van der Waals surface area (Å²) >= 11 is 0. The van der Waals surface area contributed by atoms with Crippen molar-refractivity contribution in [3.05, 3.63) is 10.1 Å². The minimum absolute atomic E-state index is 0.00382. The van der Waals surface area contributed by atoms with Gasteiger partial charge in [-0.15, -0.1) is 0 Å². The average molecular weight is 337 g/mol. The minimum Gasteiger partial charge on any atom is -0.465 e. The summed E-state index contributed by atoms with van der Waals surface area (Å²) in [6, 6.07) is -0.810. The van der Waals surface area contributed by atoms with Crippen molar-refractivity contribution in [3.8, 4) is 0 Å². The lowest BCUT2D eigenvalue weighted by molar-refractivity contribution is -0.538. The molecule has 0 amide bonds. The highest BCUT2D eigenvalue weighted by Gasteiger charge is 2.45. The van der Waals surface area contributed by atoms with Gasteiger partial charge in [-0.05, 0) is 18.8 Å². The number of ether oxygens (including phenoxy) is 1. The summed E-state index contributed by atoms with van der Waals surface area (Å²) in [7, 11) is 0. The molecule has 5 nitrogen and oxygen atoms in total. The first-order chi connectivity index (χ1) is 10.8. The molecule has 132 valence electrons. The first-order valence-corrected chi connectivity index (χ1v) is 8.03. The lowest BCUT2D eigenvalue weighted by Gasteiger charge is -2.33. The number of carbonyl (C=O) groups excluding carboxylic acids is 1. The molecule has 2 saturated carbocycles. The zero-order valence-electron chi connectivity index (χ0n) is 13.0. The van der Waals surface area contributed by atoms with Crippen LogP contribution >= 0.6 is 0 Å². The number of esters is 1. The Labute approximate surface area is 132 Å². The van der Waals surface area contributed by atoms with Gasteiger partial charge in [0, 0.05) is 24.2 Å². The first kappa shape index (κ1) is 18.0. The second kappa shape index (κ2) is 7.49. The molecule has 8 heteroatoms. The molecular formula is C15H22F3NO4. The fourth-order valence-electron chi connectivity index (χ4n) is 3.67. The molecule has 0 aromatic carbocycles. The molecular weight excluding hydrogens is 315 g/mol. The van der Waals surface area contributed by atoms with Gasteiger partial charge in [-0.1, -0.05) is 6.92 Å². The molecule has 0 radical (unpaired) electrons. The summed E-state index contributed by atoms with van der Waals surface area (Å²) in [4.78, 5) is 22.7. The fourth-order valence-corrected chi connectivity index (χ4v) is 3.67. The monoisotopic (exact) mass is 337 g/mol. The molecule has 2 rings (SSSR count). The second-order valence-electron chi connectivity index (χ2n) is 6.68. The van der Waals surface area contributed by atoms with E-state index in [9.17, 15) is 28.1 Å². The number of carbonyl (C=O) groups is 1. The standard InChI is InChI=1S/C15H22F3NO4/c1-8-3-2-4-13(19(21)22)10(8)7-23-15(20)14-11(17)5-9(16)6-12(14)18/h8-14H,2-7H2,1H3. The van der Waals surface area contributed by atoms with Gasteiger partial charge in [-0.3, -0.25) is 14.9 Å². The number of hydrogen-bond acceptors (Lipinski definition) is 4. The van der Waals surface area contributed by atoms with E-state index in [-0.39, 0.29) is 17.4 Å².